The Morgan fingerprint density at radius 3 is 2.02 bits per heavy atom. The van der Waals surface area contributed by atoms with Crippen LogP contribution in [0.5, 0.6) is 23.0 Å². The molecule has 8 rings (SSSR count). The van der Waals surface area contributed by atoms with Gasteiger partial charge in [0.1, 0.15) is 11.5 Å². The molecule has 2 heterocycles. The van der Waals surface area contributed by atoms with Gasteiger partial charge in [-0.1, -0.05) is 80.6 Å². The summed E-state index contributed by atoms with van der Waals surface area (Å²) in [7, 11) is 5.07. The van der Waals surface area contributed by atoms with Gasteiger partial charge in [-0.05, 0) is 82.3 Å². The molecule has 1 aliphatic carbocycles. The third kappa shape index (κ3) is 4.47. The highest BCUT2D eigenvalue weighted by Crippen LogP contribution is 2.59. The predicted octanol–water partition coefficient (Wildman–Crippen LogP) is 9.42. The normalized spacial score (nSPS) is 19.4. The van der Waals surface area contributed by atoms with Crippen molar-refractivity contribution in [1.82, 2.24) is 0 Å². The number of hydrogen-bond acceptors (Lipinski definition) is 5. The molecule has 1 fully saturated rings. The van der Waals surface area contributed by atoms with Crippen molar-refractivity contribution in [2.45, 2.75) is 43.6 Å². The van der Waals surface area contributed by atoms with Gasteiger partial charge in [0.25, 0.3) is 0 Å². The smallest absolute Gasteiger partial charge is 0.178 e. The molecule has 5 aromatic carbocycles. The summed E-state index contributed by atoms with van der Waals surface area (Å²) in [5, 5.41) is 2.08. The molecule has 47 heavy (non-hydrogen) atoms. The molecule has 0 radical (unpaired) electrons. The van der Waals surface area contributed by atoms with Gasteiger partial charge < -0.3 is 23.7 Å². The SMILES string of the molecule is COc1ccc(C2(c3ccc(C4CCOCC4)cc3)C=Cc3c4c(c5cc(OC)c(OC)cc5c3O2)-c2ccccc2C4(C)C)cc1. The van der Waals surface area contributed by atoms with Crippen LogP contribution < -0.4 is 18.9 Å². The Bertz CT molecular complexity index is 2020. The molecule has 3 aliphatic rings. The van der Waals surface area contributed by atoms with Crippen molar-refractivity contribution in [2.75, 3.05) is 34.5 Å². The van der Waals surface area contributed by atoms with E-state index in [2.05, 4.69) is 98.8 Å². The third-order valence-electron chi connectivity index (χ3n) is 10.6. The van der Waals surface area contributed by atoms with Crippen LogP contribution in [0.4, 0.5) is 0 Å². The molecule has 0 spiro atoms. The maximum atomic E-state index is 7.51. The lowest BCUT2D eigenvalue weighted by molar-refractivity contribution is 0.0853. The van der Waals surface area contributed by atoms with Gasteiger partial charge in [0.05, 0.1) is 21.3 Å². The molecule has 0 N–H and O–H groups in total. The van der Waals surface area contributed by atoms with Crippen LogP contribution in [0, 0.1) is 0 Å². The fourth-order valence-electron chi connectivity index (χ4n) is 8.13. The Morgan fingerprint density at radius 2 is 1.36 bits per heavy atom. The van der Waals surface area contributed by atoms with E-state index < -0.39 is 5.60 Å². The maximum absolute atomic E-state index is 7.51. The summed E-state index contributed by atoms with van der Waals surface area (Å²) in [6, 6.07) is 30.2. The molecular formula is C42H40O5. The molecule has 1 atom stereocenters. The summed E-state index contributed by atoms with van der Waals surface area (Å²) in [5.74, 6) is 3.52. The van der Waals surface area contributed by atoms with E-state index in [1.54, 1.807) is 21.3 Å². The minimum atomic E-state index is -0.878. The molecular weight excluding hydrogens is 584 g/mol. The fourth-order valence-corrected chi connectivity index (χ4v) is 8.13. The molecule has 2 aliphatic heterocycles. The van der Waals surface area contributed by atoms with E-state index >= 15 is 0 Å². The van der Waals surface area contributed by atoms with Gasteiger partial charge in [0.15, 0.2) is 17.1 Å². The van der Waals surface area contributed by atoms with Crippen molar-refractivity contribution >= 4 is 16.8 Å². The van der Waals surface area contributed by atoms with Gasteiger partial charge in [-0.25, -0.2) is 0 Å². The minimum absolute atomic E-state index is 0.240. The van der Waals surface area contributed by atoms with Crippen LogP contribution in [-0.4, -0.2) is 34.5 Å². The Morgan fingerprint density at radius 1 is 0.723 bits per heavy atom. The largest absolute Gasteiger partial charge is 0.497 e. The number of ether oxygens (including phenoxy) is 5. The number of hydrogen-bond donors (Lipinski definition) is 0. The second-order valence-electron chi connectivity index (χ2n) is 13.3. The van der Waals surface area contributed by atoms with Crippen LogP contribution >= 0.6 is 0 Å². The van der Waals surface area contributed by atoms with E-state index in [0.717, 1.165) is 65.0 Å². The highest BCUT2D eigenvalue weighted by molar-refractivity contribution is 6.09. The Balaban J connectivity index is 1.39. The monoisotopic (exact) mass is 624 g/mol. The van der Waals surface area contributed by atoms with Gasteiger partial charge >= 0.3 is 0 Å². The van der Waals surface area contributed by atoms with E-state index in [4.69, 9.17) is 23.7 Å². The first-order chi connectivity index (χ1) is 22.9. The highest BCUT2D eigenvalue weighted by atomic mass is 16.5. The van der Waals surface area contributed by atoms with Crippen LogP contribution in [0.2, 0.25) is 0 Å². The van der Waals surface area contributed by atoms with Crippen molar-refractivity contribution in [3.8, 4) is 34.1 Å². The molecule has 5 aromatic rings. The molecule has 5 heteroatoms. The summed E-state index contributed by atoms with van der Waals surface area (Å²) >= 11 is 0. The van der Waals surface area contributed by atoms with Crippen molar-refractivity contribution in [2.24, 2.45) is 0 Å². The quantitative estimate of drug-likeness (QED) is 0.188. The van der Waals surface area contributed by atoms with E-state index in [1.165, 1.54) is 27.8 Å². The van der Waals surface area contributed by atoms with Crippen molar-refractivity contribution in [1.29, 1.82) is 0 Å². The van der Waals surface area contributed by atoms with E-state index in [0.29, 0.717) is 17.4 Å². The summed E-state index contributed by atoms with van der Waals surface area (Å²) in [4.78, 5) is 0. The van der Waals surface area contributed by atoms with E-state index in [9.17, 15) is 0 Å². The van der Waals surface area contributed by atoms with E-state index in [-0.39, 0.29) is 5.41 Å². The van der Waals surface area contributed by atoms with Gasteiger partial charge in [-0.15, -0.1) is 0 Å². The number of methoxy groups -OCH3 is 3. The highest BCUT2D eigenvalue weighted by Gasteiger charge is 2.44. The van der Waals surface area contributed by atoms with Crippen LogP contribution in [0.1, 0.15) is 66.0 Å². The first-order valence-electron chi connectivity index (χ1n) is 16.5. The van der Waals surface area contributed by atoms with Gasteiger partial charge in [-0.3, -0.25) is 0 Å². The molecule has 0 saturated carbocycles. The zero-order valence-electron chi connectivity index (χ0n) is 27.7. The summed E-state index contributed by atoms with van der Waals surface area (Å²) in [6.07, 6.45) is 6.63. The van der Waals surface area contributed by atoms with Gasteiger partial charge in [0, 0.05) is 40.7 Å². The summed E-state index contributed by atoms with van der Waals surface area (Å²) in [5.41, 5.74) is 8.47. The first kappa shape index (κ1) is 29.6. The molecule has 1 saturated heterocycles. The number of benzene rings is 5. The second kappa shape index (κ2) is 11.2. The average molecular weight is 625 g/mol. The van der Waals surface area contributed by atoms with Crippen LogP contribution in [0.25, 0.3) is 28.0 Å². The fraction of sp³-hybridized carbons (Fsp3) is 0.286. The number of rotatable bonds is 6. The standard InChI is InChI=1S/C42H40O5/c1-41(2)35-9-7-6-8-31(35)38-33-24-36(44-4)37(45-5)25-34(33)40-32(39(38)41)18-21-42(47-40,29-14-16-30(43-3)17-15-29)28-12-10-26(11-13-28)27-19-22-46-23-20-27/h6-18,21,24-25,27H,19-20,22-23H2,1-5H3. The van der Waals surface area contributed by atoms with Crippen LogP contribution in [0.15, 0.2) is 91.0 Å². The Hall–Kier alpha value is -4.74. The zero-order chi connectivity index (χ0) is 32.3. The number of fused-ring (bicyclic) bond motifs is 8. The Kier molecular flexibility index (Phi) is 7.07. The summed E-state index contributed by atoms with van der Waals surface area (Å²) < 4.78 is 30.4. The average Bonchev–Trinajstić information content (AvgIpc) is 3.38. The first-order valence-corrected chi connectivity index (χ1v) is 16.5. The summed E-state index contributed by atoms with van der Waals surface area (Å²) in [6.45, 7) is 6.27. The minimum Gasteiger partial charge on any atom is -0.497 e. The molecule has 1 unspecified atom stereocenters. The third-order valence-corrected chi connectivity index (χ3v) is 10.6. The predicted molar refractivity (Wildman–Crippen MR) is 187 cm³/mol. The lowest BCUT2D eigenvalue weighted by atomic mass is 9.76. The van der Waals surface area contributed by atoms with Gasteiger partial charge in [-0.2, -0.15) is 0 Å². The van der Waals surface area contributed by atoms with Gasteiger partial charge in [0.2, 0.25) is 0 Å². The van der Waals surface area contributed by atoms with Crippen molar-refractivity contribution in [3.05, 3.63) is 124 Å². The van der Waals surface area contributed by atoms with E-state index in [1.807, 2.05) is 12.1 Å². The topological polar surface area (TPSA) is 46.2 Å². The van der Waals surface area contributed by atoms with Crippen LogP contribution in [0.3, 0.4) is 0 Å². The van der Waals surface area contributed by atoms with Crippen molar-refractivity contribution in [3.63, 3.8) is 0 Å². The molecule has 5 nitrogen and oxygen atoms in total. The molecule has 0 aromatic heterocycles. The lowest BCUT2D eigenvalue weighted by Crippen LogP contribution is -2.35. The lowest BCUT2D eigenvalue weighted by Gasteiger charge is -2.38. The zero-order valence-corrected chi connectivity index (χ0v) is 27.7. The Labute approximate surface area is 276 Å². The molecule has 0 bridgehead atoms. The van der Waals surface area contributed by atoms with Crippen LogP contribution in [-0.2, 0) is 15.8 Å². The van der Waals surface area contributed by atoms with Crippen molar-refractivity contribution < 1.29 is 23.7 Å². The molecule has 238 valence electrons. The second-order valence-corrected chi connectivity index (χ2v) is 13.3. The molecule has 0 amide bonds. The maximum Gasteiger partial charge on any atom is 0.178 e.